The standard InChI is InChI=1S/C18H31NO3/c1-14(2)8-6-4-5-7-9-18(21)19-13-15-10-11-16(20)17(12-15)22-3/h10-11,14-15,20H,4-9,12-13H2,1-3H3,(H,19,21). The summed E-state index contributed by atoms with van der Waals surface area (Å²) in [6, 6.07) is 0. The van der Waals surface area contributed by atoms with Gasteiger partial charge in [0.2, 0.25) is 5.91 Å². The van der Waals surface area contributed by atoms with Gasteiger partial charge in [-0.25, -0.2) is 0 Å². The minimum atomic E-state index is 0.120. The maximum absolute atomic E-state index is 11.8. The zero-order chi connectivity index (χ0) is 16.4. The summed E-state index contributed by atoms with van der Waals surface area (Å²) in [5, 5.41) is 12.5. The summed E-state index contributed by atoms with van der Waals surface area (Å²) in [6.45, 7) is 5.09. The average Bonchev–Trinajstić information content (AvgIpc) is 2.49. The molecule has 0 saturated heterocycles. The van der Waals surface area contributed by atoms with Crippen LogP contribution < -0.4 is 5.32 Å². The van der Waals surface area contributed by atoms with Crippen molar-refractivity contribution in [2.75, 3.05) is 13.7 Å². The lowest BCUT2D eigenvalue weighted by molar-refractivity contribution is -0.121. The zero-order valence-corrected chi connectivity index (χ0v) is 14.2. The highest BCUT2D eigenvalue weighted by atomic mass is 16.5. The van der Waals surface area contributed by atoms with E-state index < -0.39 is 0 Å². The molecule has 22 heavy (non-hydrogen) atoms. The van der Waals surface area contributed by atoms with Gasteiger partial charge in [-0.2, -0.15) is 0 Å². The van der Waals surface area contributed by atoms with Crippen molar-refractivity contribution in [3.8, 4) is 0 Å². The van der Waals surface area contributed by atoms with Crippen LogP contribution in [0.15, 0.2) is 23.7 Å². The Bertz CT molecular complexity index is 399. The number of amides is 1. The molecule has 1 aliphatic rings. The van der Waals surface area contributed by atoms with Crippen molar-refractivity contribution in [3.05, 3.63) is 23.7 Å². The number of aliphatic hydroxyl groups is 1. The molecule has 0 aromatic heterocycles. The molecule has 4 heteroatoms. The fraction of sp³-hybridized carbons (Fsp3) is 0.722. The summed E-state index contributed by atoms with van der Waals surface area (Å²) in [5.74, 6) is 1.87. The second kappa shape index (κ2) is 10.3. The third kappa shape index (κ3) is 7.53. The molecule has 0 aromatic rings. The quantitative estimate of drug-likeness (QED) is 0.598. The molecule has 0 saturated carbocycles. The molecule has 0 aliphatic heterocycles. The monoisotopic (exact) mass is 309 g/mol. The molecule has 1 aliphatic carbocycles. The van der Waals surface area contributed by atoms with E-state index in [2.05, 4.69) is 19.2 Å². The van der Waals surface area contributed by atoms with E-state index >= 15 is 0 Å². The van der Waals surface area contributed by atoms with Gasteiger partial charge in [0.15, 0.2) is 5.76 Å². The molecule has 1 amide bonds. The first-order valence-electron chi connectivity index (χ1n) is 8.44. The Balaban J connectivity index is 2.08. The third-order valence-electron chi connectivity index (χ3n) is 4.00. The van der Waals surface area contributed by atoms with Crippen molar-refractivity contribution in [2.24, 2.45) is 11.8 Å². The van der Waals surface area contributed by atoms with Gasteiger partial charge in [0.1, 0.15) is 5.76 Å². The molecule has 1 atom stereocenters. The number of carbonyl (C=O) groups excluding carboxylic acids is 1. The van der Waals surface area contributed by atoms with Crippen LogP contribution in [0.25, 0.3) is 0 Å². The van der Waals surface area contributed by atoms with E-state index in [1.54, 1.807) is 13.2 Å². The third-order valence-corrected chi connectivity index (χ3v) is 4.00. The van der Waals surface area contributed by atoms with Gasteiger partial charge in [-0.1, -0.05) is 45.6 Å². The summed E-state index contributed by atoms with van der Waals surface area (Å²) >= 11 is 0. The molecule has 1 unspecified atom stereocenters. The highest BCUT2D eigenvalue weighted by Gasteiger charge is 2.17. The van der Waals surface area contributed by atoms with E-state index in [1.807, 2.05) is 6.08 Å². The molecular weight excluding hydrogens is 278 g/mol. The lowest BCUT2D eigenvalue weighted by atomic mass is 9.98. The van der Waals surface area contributed by atoms with Gasteiger partial charge in [-0.05, 0) is 18.4 Å². The fourth-order valence-electron chi connectivity index (χ4n) is 2.58. The Morgan fingerprint density at radius 3 is 2.77 bits per heavy atom. The summed E-state index contributed by atoms with van der Waals surface area (Å²) < 4.78 is 5.13. The van der Waals surface area contributed by atoms with Gasteiger partial charge in [0.25, 0.3) is 0 Å². The minimum Gasteiger partial charge on any atom is -0.505 e. The molecule has 1 rings (SSSR count). The van der Waals surface area contributed by atoms with Crippen molar-refractivity contribution in [3.63, 3.8) is 0 Å². The van der Waals surface area contributed by atoms with Crippen molar-refractivity contribution in [1.29, 1.82) is 0 Å². The number of rotatable bonds is 10. The molecule has 2 N–H and O–H groups in total. The number of unbranched alkanes of at least 4 members (excludes halogenated alkanes) is 3. The van der Waals surface area contributed by atoms with Crippen LogP contribution in [0.2, 0.25) is 0 Å². The minimum absolute atomic E-state index is 0.120. The zero-order valence-electron chi connectivity index (χ0n) is 14.2. The number of carbonyl (C=O) groups is 1. The van der Waals surface area contributed by atoms with Crippen molar-refractivity contribution in [1.82, 2.24) is 5.32 Å². The van der Waals surface area contributed by atoms with E-state index in [4.69, 9.17) is 4.74 Å². The van der Waals surface area contributed by atoms with Crippen LogP contribution in [-0.2, 0) is 9.53 Å². The second-order valence-corrected chi connectivity index (χ2v) is 6.49. The van der Waals surface area contributed by atoms with Crippen LogP contribution in [-0.4, -0.2) is 24.7 Å². The van der Waals surface area contributed by atoms with Crippen LogP contribution in [0.1, 0.15) is 58.8 Å². The lowest BCUT2D eigenvalue weighted by Crippen LogP contribution is -2.29. The maximum atomic E-state index is 11.8. The number of allylic oxidation sites excluding steroid dienone is 2. The second-order valence-electron chi connectivity index (χ2n) is 6.49. The predicted molar refractivity (Wildman–Crippen MR) is 89.5 cm³/mol. The lowest BCUT2D eigenvalue weighted by Gasteiger charge is -2.19. The topological polar surface area (TPSA) is 58.6 Å². The Morgan fingerprint density at radius 2 is 2.09 bits per heavy atom. The molecule has 0 spiro atoms. The summed E-state index contributed by atoms with van der Waals surface area (Å²) in [5.41, 5.74) is 0. The molecule has 0 bridgehead atoms. The largest absolute Gasteiger partial charge is 0.505 e. The Labute approximate surface area is 134 Å². The van der Waals surface area contributed by atoms with Crippen LogP contribution >= 0.6 is 0 Å². The Hall–Kier alpha value is -1.45. The van der Waals surface area contributed by atoms with Crippen LogP contribution in [0.5, 0.6) is 0 Å². The van der Waals surface area contributed by atoms with E-state index in [0.717, 1.165) is 18.8 Å². The maximum Gasteiger partial charge on any atom is 0.220 e. The number of aliphatic hydroxyl groups excluding tert-OH is 1. The SMILES string of the molecule is COC1=C(O)C=CC(CNC(=O)CCCCCCC(C)C)C1. The van der Waals surface area contributed by atoms with E-state index in [9.17, 15) is 9.90 Å². The number of methoxy groups -OCH3 is 1. The molecule has 0 fully saturated rings. The van der Waals surface area contributed by atoms with Crippen LogP contribution in [0, 0.1) is 11.8 Å². The number of hydrogen-bond donors (Lipinski definition) is 2. The first-order valence-corrected chi connectivity index (χ1v) is 8.44. The van der Waals surface area contributed by atoms with Crippen LogP contribution in [0.3, 0.4) is 0 Å². The number of ether oxygens (including phenoxy) is 1. The molecule has 126 valence electrons. The summed E-state index contributed by atoms with van der Waals surface area (Å²) in [6.07, 6.45) is 10.7. The Kier molecular flexibility index (Phi) is 8.71. The van der Waals surface area contributed by atoms with Crippen molar-refractivity contribution in [2.45, 2.75) is 58.8 Å². The van der Waals surface area contributed by atoms with Gasteiger partial charge in [-0.15, -0.1) is 0 Å². The van der Waals surface area contributed by atoms with Crippen LogP contribution in [0.4, 0.5) is 0 Å². The first-order chi connectivity index (χ1) is 10.5. The van der Waals surface area contributed by atoms with Gasteiger partial charge >= 0.3 is 0 Å². The summed E-state index contributed by atoms with van der Waals surface area (Å²) in [4.78, 5) is 11.8. The molecule has 0 aromatic carbocycles. The average molecular weight is 309 g/mol. The molecule has 4 nitrogen and oxygen atoms in total. The molecule has 0 radical (unpaired) electrons. The van der Waals surface area contributed by atoms with Crippen molar-refractivity contribution < 1.29 is 14.6 Å². The normalized spacial score (nSPS) is 17.9. The van der Waals surface area contributed by atoms with Gasteiger partial charge in [0.05, 0.1) is 7.11 Å². The van der Waals surface area contributed by atoms with Crippen molar-refractivity contribution >= 4 is 5.91 Å². The van der Waals surface area contributed by atoms with E-state index in [-0.39, 0.29) is 17.6 Å². The number of nitrogens with one attached hydrogen (secondary N) is 1. The highest BCUT2D eigenvalue weighted by molar-refractivity contribution is 5.75. The predicted octanol–water partition coefficient (Wildman–Crippen LogP) is 4.09. The van der Waals surface area contributed by atoms with Gasteiger partial charge in [0, 0.05) is 25.3 Å². The highest BCUT2D eigenvalue weighted by Crippen LogP contribution is 2.22. The fourth-order valence-corrected chi connectivity index (χ4v) is 2.58. The molecule has 0 heterocycles. The first kappa shape index (κ1) is 18.6. The molecular formula is C18H31NO3. The van der Waals surface area contributed by atoms with E-state index in [0.29, 0.717) is 25.1 Å². The number of hydrogen-bond acceptors (Lipinski definition) is 3. The Morgan fingerprint density at radius 1 is 1.36 bits per heavy atom. The summed E-state index contributed by atoms with van der Waals surface area (Å²) in [7, 11) is 1.56. The van der Waals surface area contributed by atoms with E-state index in [1.165, 1.54) is 19.3 Å². The van der Waals surface area contributed by atoms with Gasteiger partial charge < -0.3 is 15.2 Å². The smallest absolute Gasteiger partial charge is 0.220 e. The van der Waals surface area contributed by atoms with Gasteiger partial charge in [-0.3, -0.25) is 4.79 Å².